The first-order valence-electron chi connectivity index (χ1n) is 8.03. The first kappa shape index (κ1) is 17.2. The third-order valence-electron chi connectivity index (χ3n) is 3.46. The molecule has 128 valence electrons. The van der Waals surface area contributed by atoms with Gasteiger partial charge in [-0.3, -0.25) is 4.79 Å². The van der Waals surface area contributed by atoms with Crippen LogP contribution in [0.25, 0.3) is 10.9 Å². The fourth-order valence-corrected chi connectivity index (χ4v) is 3.22. The minimum absolute atomic E-state index is 0.0398. The maximum Gasteiger partial charge on any atom is 0.230 e. The van der Waals surface area contributed by atoms with Crippen LogP contribution in [0.15, 0.2) is 59.6 Å². The molecule has 1 N–H and O–H groups in total. The zero-order valence-corrected chi connectivity index (χ0v) is 14.8. The topological polar surface area (TPSA) is 64.1 Å². The van der Waals surface area contributed by atoms with Crippen molar-refractivity contribution in [3.63, 3.8) is 0 Å². The molecule has 3 rings (SSSR count). The lowest BCUT2D eigenvalue weighted by atomic mass is 10.2. The smallest absolute Gasteiger partial charge is 0.230 e. The maximum absolute atomic E-state index is 12.0. The summed E-state index contributed by atoms with van der Waals surface area (Å²) in [6.45, 7) is 2.77. The molecule has 3 aromatic rings. The average Bonchev–Trinajstić information content (AvgIpc) is 2.64. The minimum atomic E-state index is -0.0398. The summed E-state index contributed by atoms with van der Waals surface area (Å²) < 4.78 is 5.55. The van der Waals surface area contributed by atoms with Crippen molar-refractivity contribution in [1.82, 2.24) is 15.3 Å². The molecule has 0 spiro atoms. The van der Waals surface area contributed by atoms with Crippen molar-refractivity contribution in [1.29, 1.82) is 0 Å². The molecule has 0 bridgehead atoms. The second-order valence-electron chi connectivity index (χ2n) is 5.39. The van der Waals surface area contributed by atoms with Crippen LogP contribution in [0.2, 0.25) is 0 Å². The third-order valence-corrected chi connectivity index (χ3v) is 4.45. The van der Waals surface area contributed by atoms with Gasteiger partial charge in [-0.05, 0) is 25.1 Å². The van der Waals surface area contributed by atoms with Crippen LogP contribution in [0.5, 0.6) is 5.75 Å². The van der Waals surface area contributed by atoms with E-state index in [0.717, 1.165) is 21.7 Å². The highest BCUT2D eigenvalue weighted by molar-refractivity contribution is 8.00. The van der Waals surface area contributed by atoms with Gasteiger partial charge >= 0.3 is 0 Å². The van der Waals surface area contributed by atoms with E-state index in [2.05, 4.69) is 15.3 Å². The minimum Gasteiger partial charge on any atom is -0.492 e. The summed E-state index contributed by atoms with van der Waals surface area (Å²) in [5, 5.41) is 4.66. The van der Waals surface area contributed by atoms with Crippen molar-refractivity contribution < 1.29 is 9.53 Å². The molecule has 1 heterocycles. The summed E-state index contributed by atoms with van der Waals surface area (Å²) in [5.41, 5.74) is 0.897. The summed E-state index contributed by atoms with van der Waals surface area (Å²) in [4.78, 5) is 20.9. The van der Waals surface area contributed by atoms with Crippen LogP contribution in [0, 0.1) is 6.92 Å². The number of para-hydroxylation sites is 2. The lowest BCUT2D eigenvalue weighted by molar-refractivity contribution is -0.118. The SMILES string of the molecule is Cc1nc(SCC(=O)NCCOc2ccccc2)c2ccccc2n1. The number of carbonyl (C=O) groups is 1. The van der Waals surface area contributed by atoms with Crippen molar-refractivity contribution in [2.75, 3.05) is 18.9 Å². The molecular weight excluding hydrogens is 334 g/mol. The monoisotopic (exact) mass is 353 g/mol. The van der Waals surface area contributed by atoms with Crippen LogP contribution < -0.4 is 10.1 Å². The first-order chi connectivity index (χ1) is 12.2. The summed E-state index contributed by atoms with van der Waals surface area (Å²) in [6, 6.07) is 17.4. The maximum atomic E-state index is 12.0. The Kier molecular flexibility index (Phi) is 5.85. The van der Waals surface area contributed by atoms with Gasteiger partial charge in [-0.2, -0.15) is 0 Å². The van der Waals surface area contributed by atoms with Gasteiger partial charge < -0.3 is 10.1 Å². The quantitative estimate of drug-likeness (QED) is 0.401. The Hall–Kier alpha value is -2.60. The number of hydrogen-bond acceptors (Lipinski definition) is 5. The van der Waals surface area contributed by atoms with E-state index in [1.54, 1.807) is 0 Å². The van der Waals surface area contributed by atoms with Crippen molar-refractivity contribution in [2.24, 2.45) is 0 Å². The number of benzene rings is 2. The van der Waals surface area contributed by atoms with E-state index in [9.17, 15) is 4.79 Å². The highest BCUT2D eigenvalue weighted by Gasteiger charge is 2.09. The van der Waals surface area contributed by atoms with E-state index in [1.165, 1.54) is 11.8 Å². The highest BCUT2D eigenvalue weighted by Crippen LogP contribution is 2.24. The Bertz CT molecular complexity index is 856. The number of aromatic nitrogens is 2. The van der Waals surface area contributed by atoms with Gasteiger partial charge in [0.1, 0.15) is 23.2 Å². The molecule has 25 heavy (non-hydrogen) atoms. The summed E-state index contributed by atoms with van der Waals surface area (Å²) in [7, 11) is 0. The van der Waals surface area contributed by atoms with Gasteiger partial charge in [-0.1, -0.05) is 48.2 Å². The van der Waals surface area contributed by atoms with E-state index >= 15 is 0 Å². The number of aryl methyl sites for hydroxylation is 1. The molecule has 1 aromatic heterocycles. The molecule has 0 fully saturated rings. The number of thioether (sulfide) groups is 1. The van der Waals surface area contributed by atoms with E-state index < -0.39 is 0 Å². The number of fused-ring (bicyclic) bond motifs is 1. The van der Waals surface area contributed by atoms with Gasteiger partial charge in [0.05, 0.1) is 17.8 Å². The number of carbonyl (C=O) groups excluding carboxylic acids is 1. The van der Waals surface area contributed by atoms with Crippen LogP contribution in [0.4, 0.5) is 0 Å². The van der Waals surface area contributed by atoms with Crippen molar-refractivity contribution in [3.8, 4) is 5.75 Å². The molecule has 0 aliphatic heterocycles. The predicted octanol–water partition coefficient (Wildman–Crippen LogP) is 3.23. The predicted molar refractivity (Wildman–Crippen MR) is 99.9 cm³/mol. The fourth-order valence-electron chi connectivity index (χ4n) is 2.33. The zero-order valence-electron chi connectivity index (χ0n) is 13.9. The Labute approximate surface area is 150 Å². The lowest BCUT2D eigenvalue weighted by Crippen LogP contribution is -2.29. The molecule has 0 radical (unpaired) electrons. The van der Waals surface area contributed by atoms with E-state index in [1.807, 2.05) is 61.5 Å². The summed E-state index contributed by atoms with van der Waals surface area (Å²) >= 11 is 1.42. The molecule has 1 amide bonds. The summed E-state index contributed by atoms with van der Waals surface area (Å²) in [5.74, 6) is 1.78. The second-order valence-corrected chi connectivity index (χ2v) is 6.36. The highest BCUT2D eigenvalue weighted by atomic mass is 32.2. The van der Waals surface area contributed by atoms with Crippen molar-refractivity contribution >= 4 is 28.6 Å². The Morgan fingerprint density at radius 1 is 1.08 bits per heavy atom. The molecule has 0 unspecified atom stereocenters. The molecular formula is C19H19N3O2S. The normalized spacial score (nSPS) is 10.6. The molecule has 0 atom stereocenters. The number of ether oxygens (including phenoxy) is 1. The van der Waals surface area contributed by atoms with E-state index in [-0.39, 0.29) is 5.91 Å². The lowest BCUT2D eigenvalue weighted by Gasteiger charge is -2.08. The van der Waals surface area contributed by atoms with Gasteiger partial charge in [0, 0.05) is 5.39 Å². The summed E-state index contributed by atoms with van der Waals surface area (Å²) in [6.07, 6.45) is 0. The Morgan fingerprint density at radius 2 is 1.84 bits per heavy atom. The van der Waals surface area contributed by atoms with Crippen molar-refractivity contribution in [3.05, 3.63) is 60.4 Å². The second kappa shape index (κ2) is 8.48. The molecule has 5 nitrogen and oxygen atoms in total. The Balaban J connectivity index is 1.48. The number of amides is 1. The van der Waals surface area contributed by atoms with Gasteiger partial charge in [-0.25, -0.2) is 9.97 Å². The number of rotatable bonds is 7. The average molecular weight is 353 g/mol. The molecule has 6 heteroatoms. The van der Waals surface area contributed by atoms with Crippen LogP contribution in [-0.2, 0) is 4.79 Å². The van der Waals surface area contributed by atoms with Gasteiger partial charge in [0.25, 0.3) is 0 Å². The van der Waals surface area contributed by atoms with Gasteiger partial charge in [-0.15, -0.1) is 0 Å². The third kappa shape index (κ3) is 4.93. The molecule has 0 saturated heterocycles. The molecule has 0 aliphatic carbocycles. The van der Waals surface area contributed by atoms with Crippen LogP contribution >= 0.6 is 11.8 Å². The zero-order chi connectivity index (χ0) is 17.5. The molecule has 0 aliphatic rings. The molecule has 0 saturated carbocycles. The first-order valence-corrected chi connectivity index (χ1v) is 9.01. The number of nitrogens with zero attached hydrogens (tertiary/aromatic N) is 2. The molecule has 2 aromatic carbocycles. The van der Waals surface area contributed by atoms with Crippen molar-refractivity contribution in [2.45, 2.75) is 11.9 Å². The number of hydrogen-bond donors (Lipinski definition) is 1. The van der Waals surface area contributed by atoms with Gasteiger partial charge in [0.2, 0.25) is 5.91 Å². The van der Waals surface area contributed by atoms with Crippen LogP contribution in [-0.4, -0.2) is 34.8 Å². The van der Waals surface area contributed by atoms with Crippen LogP contribution in [0.1, 0.15) is 5.82 Å². The standard InChI is InChI=1S/C19H19N3O2S/c1-14-21-17-10-6-5-9-16(17)19(22-14)25-13-18(23)20-11-12-24-15-7-3-2-4-8-15/h2-10H,11-13H2,1H3,(H,20,23). The Morgan fingerprint density at radius 3 is 2.68 bits per heavy atom. The van der Waals surface area contributed by atoms with Crippen LogP contribution in [0.3, 0.4) is 0 Å². The van der Waals surface area contributed by atoms with E-state index in [0.29, 0.717) is 24.7 Å². The fraction of sp³-hybridized carbons (Fsp3) is 0.211. The number of nitrogens with one attached hydrogen (secondary N) is 1. The largest absolute Gasteiger partial charge is 0.492 e. The van der Waals surface area contributed by atoms with E-state index in [4.69, 9.17) is 4.74 Å². The van der Waals surface area contributed by atoms with Gasteiger partial charge in [0.15, 0.2) is 0 Å².